The van der Waals surface area contributed by atoms with Gasteiger partial charge in [0.1, 0.15) is 0 Å². The lowest BCUT2D eigenvalue weighted by Crippen LogP contribution is -3.11. The molecule has 5 heteroatoms. The van der Waals surface area contributed by atoms with Gasteiger partial charge in [-0.3, -0.25) is 10.1 Å². The van der Waals surface area contributed by atoms with E-state index in [0.29, 0.717) is 6.54 Å². The first-order chi connectivity index (χ1) is 9.54. The van der Waals surface area contributed by atoms with Crippen LogP contribution in [-0.2, 0) is 4.79 Å². The summed E-state index contributed by atoms with van der Waals surface area (Å²) in [5.41, 5.74) is 2.86. The number of quaternary nitrogens is 1. The maximum atomic E-state index is 11.8. The second-order valence-electron chi connectivity index (χ2n) is 5.45. The Morgan fingerprint density at radius 2 is 1.90 bits per heavy atom. The number of rotatable bonds is 3. The Bertz CT molecular complexity index is 508. The van der Waals surface area contributed by atoms with Crippen LogP contribution in [0.1, 0.15) is 24.0 Å². The van der Waals surface area contributed by atoms with E-state index in [4.69, 9.17) is 0 Å². The number of benzene rings is 1. The molecule has 0 atom stereocenters. The van der Waals surface area contributed by atoms with Gasteiger partial charge in [-0.15, -0.1) is 0 Å². The van der Waals surface area contributed by atoms with Crippen LogP contribution in [0.15, 0.2) is 18.2 Å². The molecule has 1 heterocycles. The molecule has 1 aliphatic heterocycles. The second kappa shape index (κ2) is 6.52. The molecule has 1 aromatic rings. The quantitative estimate of drug-likeness (QED) is 0.758. The summed E-state index contributed by atoms with van der Waals surface area (Å²) >= 11 is 0. The van der Waals surface area contributed by atoms with Crippen LogP contribution in [0.4, 0.5) is 10.5 Å². The molecule has 0 spiro atoms. The first-order valence-corrected chi connectivity index (χ1v) is 7.06. The van der Waals surface area contributed by atoms with Gasteiger partial charge in [0.15, 0.2) is 6.54 Å². The summed E-state index contributed by atoms with van der Waals surface area (Å²) in [5, 5.41) is 5.10. The Labute approximate surface area is 119 Å². The monoisotopic (exact) mass is 276 g/mol. The average molecular weight is 276 g/mol. The minimum atomic E-state index is -0.458. The minimum absolute atomic E-state index is 0.218. The second-order valence-corrected chi connectivity index (χ2v) is 5.45. The predicted molar refractivity (Wildman–Crippen MR) is 77.9 cm³/mol. The maximum absolute atomic E-state index is 11.8. The highest BCUT2D eigenvalue weighted by molar-refractivity contribution is 6.01. The van der Waals surface area contributed by atoms with Crippen molar-refractivity contribution in [3.8, 4) is 0 Å². The molecule has 1 aromatic carbocycles. The highest BCUT2D eigenvalue weighted by atomic mass is 16.2. The number of carbonyl (C=O) groups excluding carboxylic acids is 2. The number of nitrogens with one attached hydrogen (secondary N) is 3. The zero-order valence-electron chi connectivity index (χ0n) is 12.1. The number of hydrogen-bond acceptors (Lipinski definition) is 2. The van der Waals surface area contributed by atoms with E-state index in [9.17, 15) is 9.59 Å². The summed E-state index contributed by atoms with van der Waals surface area (Å²) in [6, 6.07) is 5.31. The van der Waals surface area contributed by atoms with Crippen LogP contribution in [0.25, 0.3) is 0 Å². The molecule has 20 heavy (non-hydrogen) atoms. The van der Waals surface area contributed by atoms with E-state index >= 15 is 0 Å². The molecule has 1 fully saturated rings. The van der Waals surface area contributed by atoms with Gasteiger partial charge < -0.3 is 10.2 Å². The predicted octanol–water partition coefficient (Wildman–Crippen LogP) is 0.630. The van der Waals surface area contributed by atoms with Gasteiger partial charge in [-0.05, 0) is 25.5 Å². The average Bonchev–Trinajstić information content (AvgIpc) is 2.85. The van der Waals surface area contributed by atoms with Crippen molar-refractivity contribution in [1.82, 2.24) is 5.32 Å². The van der Waals surface area contributed by atoms with Gasteiger partial charge in [-0.2, -0.15) is 0 Å². The first kappa shape index (κ1) is 14.5. The molecule has 0 bridgehead atoms. The topological polar surface area (TPSA) is 62.6 Å². The fourth-order valence-corrected chi connectivity index (χ4v) is 2.56. The zero-order valence-corrected chi connectivity index (χ0v) is 12.1. The standard InChI is InChI=1S/C15H21N3O2/c1-11-5-6-13(12(2)9-11)16-15(20)17-14(19)10-18-7-3-4-8-18/h5-6,9H,3-4,7-8,10H2,1-2H3,(H2,16,17,19,20)/p+1. The first-order valence-electron chi connectivity index (χ1n) is 7.06. The molecule has 0 radical (unpaired) electrons. The molecule has 3 amide bonds. The van der Waals surface area contributed by atoms with Crippen LogP contribution >= 0.6 is 0 Å². The SMILES string of the molecule is Cc1ccc(NC(=O)NC(=O)C[NH+]2CCCC2)c(C)c1. The van der Waals surface area contributed by atoms with Gasteiger partial charge in [-0.25, -0.2) is 4.79 Å². The fraction of sp³-hybridized carbons (Fsp3) is 0.467. The minimum Gasteiger partial charge on any atom is -0.327 e. The Morgan fingerprint density at radius 1 is 1.20 bits per heavy atom. The number of urea groups is 1. The third-order valence-corrected chi connectivity index (χ3v) is 3.60. The number of aryl methyl sites for hydroxylation is 2. The molecule has 0 aliphatic carbocycles. The molecule has 0 saturated carbocycles. The zero-order chi connectivity index (χ0) is 14.5. The molecule has 0 unspecified atom stereocenters. The third-order valence-electron chi connectivity index (χ3n) is 3.60. The van der Waals surface area contributed by atoms with Gasteiger partial charge in [0.2, 0.25) is 0 Å². The van der Waals surface area contributed by atoms with Gasteiger partial charge >= 0.3 is 6.03 Å². The van der Waals surface area contributed by atoms with Crippen molar-refractivity contribution in [3.63, 3.8) is 0 Å². The van der Waals surface area contributed by atoms with Crippen LogP contribution in [0.5, 0.6) is 0 Å². The van der Waals surface area contributed by atoms with Crippen molar-refractivity contribution >= 4 is 17.6 Å². The Hall–Kier alpha value is -1.88. The van der Waals surface area contributed by atoms with Gasteiger partial charge in [0.05, 0.1) is 13.1 Å². The lowest BCUT2D eigenvalue weighted by molar-refractivity contribution is -0.879. The highest BCUT2D eigenvalue weighted by Crippen LogP contribution is 2.15. The van der Waals surface area contributed by atoms with E-state index in [2.05, 4.69) is 10.6 Å². The van der Waals surface area contributed by atoms with Crippen molar-refractivity contribution in [2.45, 2.75) is 26.7 Å². The van der Waals surface area contributed by atoms with E-state index in [0.717, 1.165) is 42.7 Å². The largest absolute Gasteiger partial charge is 0.327 e. The lowest BCUT2D eigenvalue weighted by Gasteiger charge is -2.12. The molecular weight excluding hydrogens is 254 g/mol. The molecule has 108 valence electrons. The number of amides is 3. The summed E-state index contributed by atoms with van der Waals surface area (Å²) in [5.74, 6) is -0.218. The number of carbonyl (C=O) groups is 2. The van der Waals surface area contributed by atoms with Crippen LogP contribution in [-0.4, -0.2) is 31.6 Å². The van der Waals surface area contributed by atoms with E-state index in [1.165, 1.54) is 4.90 Å². The number of likely N-dealkylation sites (tertiary alicyclic amines) is 1. The molecule has 5 nitrogen and oxygen atoms in total. The van der Waals surface area contributed by atoms with E-state index in [1.807, 2.05) is 32.0 Å². The summed E-state index contributed by atoms with van der Waals surface area (Å²) < 4.78 is 0. The number of hydrogen-bond donors (Lipinski definition) is 3. The van der Waals surface area contributed by atoms with Crippen molar-refractivity contribution in [3.05, 3.63) is 29.3 Å². The van der Waals surface area contributed by atoms with Gasteiger partial charge in [0.25, 0.3) is 5.91 Å². The number of anilines is 1. The Kier molecular flexibility index (Phi) is 4.74. The maximum Gasteiger partial charge on any atom is 0.326 e. The van der Waals surface area contributed by atoms with E-state index in [1.54, 1.807) is 0 Å². The van der Waals surface area contributed by atoms with Crippen molar-refractivity contribution in [2.24, 2.45) is 0 Å². The fourth-order valence-electron chi connectivity index (χ4n) is 2.56. The van der Waals surface area contributed by atoms with Crippen LogP contribution in [0.2, 0.25) is 0 Å². The molecule has 0 aromatic heterocycles. The molecule has 1 saturated heterocycles. The van der Waals surface area contributed by atoms with E-state index < -0.39 is 6.03 Å². The molecular formula is C15H22N3O2+. The number of imide groups is 1. The normalized spacial score (nSPS) is 15.1. The highest BCUT2D eigenvalue weighted by Gasteiger charge is 2.20. The third kappa shape index (κ3) is 4.06. The van der Waals surface area contributed by atoms with Crippen molar-refractivity contribution < 1.29 is 14.5 Å². The summed E-state index contributed by atoms with van der Waals surface area (Å²) in [7, 11) is 0. The Morgan fingerprint density at radius 3 is 2.55 bits per heavy atom. The van der Waals surface area contributed by atoms with Crippen LogP contribution in [0.3, 0.4) is 0 Å². The van der Waals surface area contributed by atoms with Gasteiger partial charge in [0, 0.05) is 18.5 Å². The van der Waals surface area contributed by atoms with E-state index in [-0.39, 0.29) is 5.91 Å². The van der Waals surface area contributed by atoms with Crippen molar-refractivity contribution in [1.29, 1.82) is 0 Å². The molecule has 2 rings (SSSR count). The molecule has 1 aliphatic rings. The smallest absolute Gasteiger partial charge is 0.326 e. The molecule has 3 N–H and O–H groups in total. The Balaban J connectivity index is 1.83. The lowest BCUT2D eigenvalue weighted by atomic mass is 10.1. The summed E-state index contributed by atoms with van der Waals surface area (Å²) in [4.78, 5) is 24.8. The summed E-state index contributed by atoms with van der Waals surface area (Å²) in [6.07, 6.45) is 2.33. The summed E-state index contributed by atoms with van der Waals surface area (Å²) in [6.45, 7) is 6.34. The van der Waals surface area contributed by atoms with Gasteiger partial charge in [-0.1, -0.05) is 17.7 Å². The van der Waals surface area contributed by atoms with Crippen LogP contribution < -0.4 is 15.5 Å². The van der Waals surface area contributed by atoms with Crippen LogP contribution in [0, 0.1) is 13.8 Å². The van der Waals surface area contributed by atoms with Crippen molar-refractivity contribution in [2.75, 3.05) is 25.0 Å².